The molecule has 0 aliphatic heterocycles. The Morgan fingerprint density at radius 3 is 2.88 bits per heavy atom. The quantitative estimate of drug-likeness (QED) is 0.789. The number of hydrogen-bond acceptors (Lipinski definition) is 3. The predicted molar refractivity (Wildman–Crippen MR) is 98.1 cm³/mol. The van der Waals surface area contributed by atoms with Crippen LogP contribution in [-0.2, 0) is 16.1 Å². The van der Waals surface area contributed by atoms with Crippen LogP contribution in [0, 0.1) is 5.92 Å². The summed E-state index contributed by atoms with van der Waals surface area (Å²) in [6, 6.07) is 8.20. The molecule has 0 spiro atoms. The fourth-order valence-corrected chi connectivity index (χ4v) is 4.54. The number of benzene rings is 1. The largest absolute Gasteiger partial charge is 0.383 e. The van der Waals surface area contributed by atoms with Crippen LogP contribution in [0.15, 0.2) is 29.3 Å². The number of aromatic nitrogens is 1. The zero-order valence-corrected chi connectivity index (χ0v) is 15.2. The Kier molecular flexibility index (Phi) is 6.21. The van der Waals surface area contributed by atoms with E-state index in [4.69, 9.17) is 4.74 Å². The van der Waals surface area contributed by atoms with Gasteiger partial charge in [-0.15, -0.1) is 0 Å². The minimum absolute atomic E-state index is 0.0123. The van der Waals surface area contributed by atoms with Crippen LogP contribution in [0.5, 0.6) is 0 Å². The molecule has 5 heteroatoms. The third-order valence-electron chi connectivity index (χ3n) is 4.82. The summed E-state index contributed by atoms with van der Waals surface area (Å²) in [7, 11) is 1.70. The highest BCUT2D eigenvalue weighted by Crippen LogP contribution is 2.27. The maximum Gasteiger partial charge on any atom is 0.248 e. The first-order chi connectivity index (χ1) is 11.8. The van der Waals surface area contributed by atoms with Crippen molar-refractivity contribution < 1.29 is 9.53 Å². The van der Waals surface area contributed by atoms with Crippen molar-refractivity contribution in [1.29, 1.82) is 0 Å². The van der Waals surface area contributed by atoms with Crippen molar-refractivity contribution in [3.63, 3.8) is 0 Å². The molecule has 3 rings (SSSR count). The van der Waals surface area contributed by atoms with Gasteiger partial charge in [-0.3, -0.25) is 4.79 Å². The van der Waals surface area contributed by atoms with Crippen molar-refractivity contribution in [1.82, 2.24) is 4.57 Å². The summed E-state index contributed by atoms with van der Waals surface area (Å²) >= 11 is 1.58. The molecule has 0 atom stereocenters. The number of carbonyl (C=O) groups is 1. The van der Waals surface area contributed by atoms with Crippen LogP contribution < -0.4 is 4.80 Å². The molecule has 1 aliphatic rings. The Hall–Kier alpha value is -1.46. The number of amides is 1. The molecule has 1 saturated carbocycles. The lowest BCUT2D eigenvalue weighted by atomic mass is 9.86. The lowest BCUT2D eigenvalue weighted by Gasteiger charge is -2.20. The lowest BCUT2D eigenvalue weighted by molar-refractivity contribution is -0.118. The van der Waals surface area contributed by atoms with Gasteiger partial charge in [0.25, 0.3) is 0 Å². The molecule has 1 aliphatic carbocycles. The Bertz CT molecular complexity index is 741. The van der Waals surface area contributed by atoms with Gasteiger partial charge in [0.1, 0.15) is 0 Å². The van der Waals surface area contributed by atoms with E-state index in [2.05, 4.69) is 21.7 Å². The Labute approximate surface area is 147 Å². The highest BCUT2D eigenvalue weighted by molar-refractivity contribution is 7.16. The second-order valence-electron chi connectivity index (χ2n) is 6.55. The van der Waals surface area contributed by atoms with Crippen molar-refractivity contribution in [2.45, 2.75) is 51.5 Å². The number of methoxy groups -OCH3 is 1. The van der Waals surface area contributed by atoms with Gasteiger partial charge in [0.2, 0.25) is 5.91 Å². The fourth-order valence-electron chi connectivity index (χ4n) is 3.47. The van der Waals surface area contributed by atoms with E-state index in [-0.39, 0.29) is 5.91 Å². The first-order valence-corrected chi connectivity index (χ1v) is 9.74. The SMILES string of the molecule is COCCn1c(=NC(=O)CCC2CCCCC2)sc2ccccc21. The first-order valence-electron chi connectivity index (χ1n) is 8.93. The summed E-state index contributed by atoms with van der Waals surface area (Å²) in [5.74, 6) is 0.735. The van der Waals surface area contributed by atoms with Gasteiger partial charge in [0.05, 0.1) is 16.8 Å². The van der Waals surface area contributed by atoms with Gasteiger partial charge in [-0.05, 0) is 24.5 Å². The molecule has 1 aromatic carbocycles. The van der Waals surface area contributed by atoms with Crippen molar-refractivity contribution in [3.8, 4) is 0 Å². The number of hydrogen-bond donors (Lipinski definition) is 0. The average molecular weight is 346 g/mol. The molecule has 1 aromatic heterocycles. The standard InChI is InChI=1S/C19H26N2O2S/c1-23-14-13-21-16-9-5-6-10-17(16)24-19(21)20-18(22)12-11-15-7-3-2-4-8-15/h5-6,9-10,15H,2-4,7-8,11-14H2,1H3. The number of carbonyl (C=O) groups excluding carboxylic acids is 1. The number of thiazole rings is 1. The topological polar surface area (TPSA) is 43.6 Å². The van der Waals surface area contributed by atoms with Crippen LogP contribution in [-0.4, -0.2) is 24.2 Å². The van der Waals surface area contributed by atoms with E-state index >= 15 is 0 Å². The normalized spacial score (nSPS) is 16.8. The molecule has 0 N–H and O–H groups in total. The van der Waals surface area contributed by atoms with Gasteiger partial charge in [-0.2, -0.15) is 4.99 Å². The van der Waals surface area contributed by atoms with E-state index in [9.17, 15) is 4.79 Å². The van der Waals surface area contributed by atoms with E-state index in [0.717, 1.165) is 33.9 Å². The molecule has 1 heterocycles. The first kappa shape index (κ1) is 17.4. The summed E-state index contributed by atoms with van der Waals surface area (Å²) in [4.78, 5) is 17.6. The predicted octanol–water partition coefficient (Wildman–Crippen LogP) is 4.14. The van der Waals surface area contributed by atoms with Crippen LogP contribution in [0.2, 0.25) is 0 Å². The summed E-state index contributed by atoms with van der Waals surface area (Å²) in [5, 5.41) is 0. The summed E-state index contributed by atoms with van der Waals surface area (Å²) < 4.78 is 8.47. The maximum atomic E-state index is 12.4. The number of ether oxygens (including phenoxy) is 1. The van der Waals surface area contributed by atoms with E-state index in [0.29, 0.717) is 13.0 Å². The smallest absolute Gasteiger partial charge is 0.248 e. The maximum absolute atomic E-state index is 12.4. The highest BCUT2D eigenvalue weighted by atomic mass is 32.1. The highest BCUT2D eigenvalue weighted by Gasteiger charge is 2.15. The second kappa shape index (κ2) is 8.58. The third kappa shape index (κ3) is 4.33. The van der Waals surface area contributed by atoms with Gasteiger partial charge in [-0.1, -0.05) is 55.6 Å². The number of nitrogens with zero attached hydrogens (tertiary/aromatic N) is 2. The molecule has 2 aromatic rings. The van der Waals surface area contributed by atoms with Gasteiger partial charge in [-0.25, -0.2) is 0 Å². The van der Waals surface area contributed by atoms with E-state index in [1.807, 2.05) is 12.1 Å². The van der Waals surface area contributed by atoms with Crippen molar-refractivity contribution in [3.05, 3.63) is 29.1 Å². The zero-order valence-electron chi connectivity index (χ0n) is 14.4. The average Bonchev–Trinajstić information content (AvgIpc) is 2.96. The minimum Gasteiger partial charge on any atom is -0.383 e. The van der Waals surface area contributed by atoms with Crippen LogP contribution in [0.1, 0.15) is 44.9 Å². The molecule has 1 amide bonds. The Morgan fingerprint density at radius 1 is 1.29 bits per heavy atom. The minimum atomic E-state index is 0.0123. The van der Waals surface area contributed by atoms with Crippen molar-refractivity contribution in [2.75, 3.05) is 13.7 Å². The van der Waals surface area contributed by atoms with Crippen molar-refractivity contribution in [2.24, 2.45) is 10.9 Å². The molecule has 1 fully saturated rings. The van der Waals surface area contributed by atoms with Crippen molar-refractivity contribution >= 4 is 27.5 Å². The second-order valence-corrected chi connectivity index (χ2v) is 7.55. The van der Waals surface area contributed by atoms with Gasteiger partial charge >= 0.3 is 0 Å². The summed E-state index contributed by atoms with van der Waals surface area (Å²) in [6.07, 6.45) is 8.13. The fraction of sp³-hybridized carbons (Fsp3) is 0.579. The van der Waals surface area contributed by atoms with E-state index in [1.165, 1.54) is 32.1 Å². The van der Waals surface area contributed by atoms with Crippen LogP contribution in [0.4, 0.5) is 0 Å². The molecule has 24 heavy (non-hydrogen) atoms. The van der Waals surface area contributed by atoms with E-state index in [1.54, 1.807) is 18.4 Å². The molecular formula is C19H26N2O2S. The summed E-state index contributed by atoms with van der Waals surface area (Å²) in [6.45, 7) is 1.33. The van der Waals surface area contributed by atoms with E-state index < -0.39 is 0 Å². The Balaban J connectivity index is 1.76. The zero-order chi connectivity index (χ0) is 16.8. The third-order valence-corrected chi connectivity index (χ3v) is 5.88. The lowest BCUT2D eigenvalue weighted by Crippen LogP contribution is -2.19. The van der Waals surface area contributed by atoms with Crippen LogP contribution in [0.3, 0.4) is 0 Å². The molecule has 130 valence electrons. The molecule has 0 unspecified atom stereocenters. The molecule has 0 radical (unpaired) electrons. The van der Waals surface area contributed by atoms with Gasteiger partial charge < -0.3 is 9.30 Å². The Morgan fingerprint density at radius 2 is 2.08 bits per heavy atom. The van der Waals surface area contributed by atoms with Gasteiger partial charge in [0, 0.05) is 20.1 Å². The monoisotopic (exact) mass is 346 g/mol. The molecular weight excluding hydrogens is 320 g/mol. The molecule has 0 saturated heterocycles. The molecule has 0 bridgehead atoms. The number of rotatable bonds is 6. The number of fused-ring (bicyclic) bond motifs is 1. The number of para-hydroxylation sites is 1. The van der Waals surface area contributed by atoms with Crippen LogP contribution >= 0.6 is 11.3 Å². The molecule has 4 nitrogen and oxygen atoms in total. The summed E-state index contributed by atoms with van der Waals surface area (Å²) in [5.41, 5.74) is 1.12. The van der Waals surface area contributed by atoms with Gasteiger partial charge in [0.15, 0.2) is 4.80 Å². The van der Waals surface area contributed by atoms with Crippen LogP contribution in [0.25, 0.3) is 10.2 Å².